The van der Waals surface area contributed by atoms with E-state index >= 15 is 0 Å². The van der Waals surface area contributed by atoms with Crippen molar-refractivity contribution in [1.29, 1.82) is 5.26 Å². The molecule has 1 saturated heterocycles. The van der Waals surface area contributed by atoms with Gasteiger partial charge in [0.25, 0.3) is 5.91 Å². The molecule has 0 radical (unpaired) electrons. The fraction of sp³-hybridized carbons (Fsp3) is 0.333. The van der Waals surface area contributed by atoms with E-state index in [0.717, 1.165) is 19.6 Å². The fourth-order valence-corrected chi connectivity index (χ4v) is 3.30. The Morgan fingerprint density at radius 3 is 2.52 bits per heavy atom. The van der Waals surface area contributed by atoms with Crippen LogP contribution in [-0.4, -0.2) is 48.0 Å². The topological polar surface area (TPSA) is 56.6 Å². The molecule has 140 valence electrons. The van der Waals surface area contributed by atoms with E-state index in [1.165, 1.54) is 5.56 Å². The molecule has 0 aliphatic carbocycles. The number of nitriles is 1. The van der Waals surface area contributed by atoms with Crippen molar-refractivity contribution in [3.63, 3.8) is 0 Å². The number of amides is 1. The van der Waals surface area contributed by atoms with E-state index in [2.05, 4.69) is 11.0 Å². The number of benzene rings is 2. The van der Waals surface area contributed by atoms with E-state index in [4.69, 9.17) is 21.6 Å². The molecule has 1 amide bonds. The van der Waals surface area contributed by atoms with Gasteiger partial charge in [-0.25, -0.2) is 0 Å². The molecule has 2 aromatic rings. The van der Waals surface area contributed by atoms with Gasteiger partial charge in [-0.1, -0.05) is 29.8 Å². The number of nitrogens with zero attached hydrogens (tertiary/aromatic N) is 3. The van der Waals surface area contributed by atoms with Crippen molar-refractivity contribution < 1.29 is 9.53 Å². The predicted molar refractivity (Wildman–Crippen MR) is 105 cm³/mol. The number of piperazine rings is 1. The number of hydrogen-bond acceptors (Lipinski definition) is 4. The van der Waals surface area contributed by atoms with Crippen LogP contribution < -0.4 is 4.74 Å². The van der Waals surface area contributed by atoms with Crippen molar-refractivity contribution in [2.45, 2.75) is 19.6 Å². The Morgan fingerprint density at radius 1 is 1.19 bits per heavy atom. The van der Waals surface area contributed by atoms with E-state index in [1.54, 1.807) is 31.2 Å². The summed E-state index contributed by atoms with van der Waals surface area (Å²) < 4.78 is 5.74. The van der Waals surface area contributed by atoms with Crippen LogP contribution in [0, 0.1) is 11.3 Å². The third kappa shape index (κ3) is 5.22. The molecule has 1 atom stereocenters. The highest BCUT2D eigenvalue weighted by Crippen LogP contribution is 2.19. The van der Waals surface area contributed by atoms with Gasteiger partial charge in [-0.2, -0.15) is 5.26 Å². The largest absolute Gasteiger partial charge is 0.481 e. The van der Waals surface area contributed by atoms with Crippen molar-refractivity contribution in [2.75, 3.05) is 26.2 Å². The lowest BCUT2D eigenvalue weighted by Gasteiger charge is -2.35. The van der Waals surface area contributed by atoms with Crippen LogP contribution in [0.25, 0.3) is 0 Å². The third-order valence-electron chi connectivity index (χ3n) is 4.63. The monoisotopic (exact) mass is 383 g/mol. The molecule has 1 heterocycles. The van der Waals surface area contributed by atoms with Gasteiger partial charge < -0.3 is 9.64 Å². The van der Waals surface area contributed by atoms with Crippen LogP contribution in [0.4, 0.5) is 0 Å². The maximum Gasteiger partial charge on any atom is 0.263 e. The molecule has 0 saturated carbocycles. The summed E-state index contributed by atoms with van der Waals surface area (Å²) in [5.41, 5.74) is 1.84. The summed E-state index contributed by atoms with van der Waals surface area (Å²) in [6.07, 6.45) is -0.548. The second kappa shape index (κ2) is 8.90. The molecule has 1 unspecified atom stereocenters. The summed E-state index contributed by atoms with van der Waals surface area (Å²) in [5, 5.41) is 9.45. The zero-order valence-corrected chi connectivity index (χ0v) is 16.0. The lowest BCUT2D eigenvalue weighted by molar-refractivity contribution is -0.139. The molecule has 3 rings (SSSR count). The van der Waals surface area contributed by atoms with Crippen molar-refractivity contribution >= 4 is 17.5 Å². The van der Waals surface area contributed by atoms with Gasteiger partial charge in [-0.05, 0) is 42.8 Å². The smallest absolute Gasteiger partial charge is 0.263 e. The fourth-order valence-electron chi connectivity index (χ4n) is 3.12. The van der Waals surface area contributed by atoms with Gasteiger partial charge >= 0.3 is 0 Å². The zero-order chi connectivity index (χ0) is 19.2. The van der Waals surface area contributed by atoms with Gasteiger partial charge in [-0.3, -0.25) is 9.69 Å². The van der Waals surface area contributed by atoms with Crippen LogP contribution in [0.15, 0.2) is 48.5 Å². The molecule has 0 aromatic heterocycles. The van der Waals surface area contributed by atoms with Crippen molar-refractivity contribution in [1.82, 2.24) is 9.80 Å². The minimum Gasteiger partial charge on any atom is -0.481 e. The lowest BCUT2D eigenvalue weighted by atomic mass is 10.1. The summed E-state index contributed by atoms with van der Waals surface area (Å²) in [6.45, 7) is 5.58. The van der Waals surface area contributed by atoms with Crippen LogP contribution in [0.3, 0.4) is 0 Å². The van der Waals surface area contributed by atoms with Crippen LogP contribution >= 0.6 is 11.6 Å². The second-order valence-electron chi connectivity index (χ2n) is 6.63. The molecule has 1 aliphatic heterocycles. The maximum absolute atomic E-state index is 12.6. The predicted octanol–water partition coefficient (Wildman–Crippen LogP) is 3.32. The van der Waals surface area contributed by atoms with Crippen molar-refractivity contribution in [3.8, 4) is 11.8 Å². The third-order valence-corrected chi connectivity index (χ3v) is 4.86. The molecule has 2 aromatic carbocycles. The Morgan fingerprint density at radius 2 is 1.89 bits per heavy atom. The first-order valence-corrected chi connectivity index (χ1v) is 9.35. The second-order valence-corrected chi connectivity index (χ2v) is 7.06. The number of hydrogen-bond donors (Lipinski definition) is 0. The summed E-state index contributed by atoms with van der Waals surface area (Å²) in [5.74, 6) is 0.593. The summed E-state index contributed by atoms with van der Waals surface area (Å²) >= 11 is 5.96. The Kier molecular flexibility index (Phi) is 6.33. The van der Waals surface area contributed by atoms with Gasteiger partial charge in [0, 0.05) is 37.7 Å². The first kappa shape index (κ1) is 19.2. The summed E-state index contributed by atoms with van der Waals surface area (Å²) in [7, 11) is 0. The van der Waals surface area contributed by atoms with Crippen LogP contribution in [-0.2, 0) is 11.3 Å². The van der Waals surface area contributed by atoms with Gasteiger partial charge in [0.1, 0.15) is 5.75 Å². The molecular weight excluding hydrogens is 362 g/mol. The van der Waals surface area contributed by atoms with E-state index < -0.39 is 6.10 Å². The first-order chi connectivity index (χ1) is 13.0. The van der Waals surface area contributed by atoms with Crippen molar-refractivity contribution in [2.24, 2.45) is 0 Å². The minimum absolute atomic E-state index is 0.00648. The Balaban J connectivity index is 1.49. The number of ether oxygens (including phenoxy) is 1. The minimum atomic E-state index is -0.548. The van der Waals surface area contributed by atoms with E-state index in [9.17, 15) is 4.79 Å². The average molecular weight is 384 g/mol. The highest BCUT2D eigenvalue weighted by molar-refractivity contribution is 6.30. The van der Waals surface area contributed by atoms with Crippen LogP contribution in [0.5, 0.6) is 5.75 Å². The van der Waals surface area contributed by atoms with Crippen LogP contribution in [0.1, 0.15) is 18.1 Å². The Hall–Kier alpha value is -2.55. The Bertz CT molecular complexity index is 824. The maximum atomic E-state index is 12.6. The molecule has 1 fully saturated rings. The lowest BCUT2D eigenvalue weighted by Crippen LogP contribution is -2.51. The first-order valence-electron chi connectivity index (χ1n) is 8.97. The molecule has 0 N–H and O–H groups in total. The summed E-state index contributed by atoms with van der Waals surface area (Å²) in [6, 6.07) is 16.9. The molecule has 1 aliphatic rings. The van der Waals surface area contributed by atoms with E-state index in [-0.39, 0.29) is 5.91 Å². The van der Waals surface area contributed by atoms with Gasteiger partial charge in [-0.15, -0.1) is 0 Å². The molecule has 0 bridgehead atoms. The van der Waals surface area contributed by atoms with E-state index in [0.29, 0.717) is 29.4 Å². The number of halogens is 1. The average Bonchev–Trinajstić information content (AvgIpc) is 2.68. The van der Waals surface area contributed by atoms with Gasteiger partial charge in [0.2, 0.25) is 0 Å². The van der Waals surface area contributed by atoms with Gasteiger partial charge in [0.05, 0.1) is 11.6 Å². The van der Waals surface area contributed by atoms with Crippen molar-refractivity contribution in [3.05, 3.63) is 64.7 Å². The molecule has 27 heavy (non-hydrogen) atoms. The highest BCUT2D eigenvalue weighted by atomic mass is 35.5. The molecular formula is C21H22ClN3O2. The number of rotatable bonds is 5. The standard InChI is InChI=1S/C21H22ClN3O2/c1-16(27-20-4-2-3-19(22)13-20)21(26)25-11-9-24(10-12-25)15-18-7-5-17(14-23)6-8-18/h2-8,13,16H,9-12,15H2,1H3. The normalized spacial score (nSPS) is 15.8. The summed E-state index contributed by atoms with van der Waals surface area (Å²) in [4.78, 5) is 16.8. The quantitative estimate of drug-likeness (QED) is 0.794. The van der Waals surface area contributed by atoms with Crippen LogP contribution in [0.2, 0.25) is 5.02 Å². The SMILES string of the molecule is CC(Oc1cccc(Cl)c1)C(=O)N1CCN(Cc2ccc(C#N)cc2)CC1. The van der Waals surface area contributed by atoms with E-state index in [1.807, 2.05) is 29.2 Å². The Labute approximate surface area is 164 Å². The number of carbonyl (C=O) groups excluding carboxylic acids is 1. The zero-order valence-electron chi connectivity index (χ0n) is 15.3. The molecule has 6 heteroatoms. The van der Waals surface area contributed by atoms with Gasteiger partial charge in [0.15, 0.2) is 6.10 Å². The molecule has 0 spiro atoms. The molecule has 5 nitrogen and oxygen atoms in total. The number of carbonyl (C=O) groups is 1. The highest BCUT2D eigenvalue weighted by Gasteiger charge is 2.26.